The van der Waals surface area contributed by atoms with Gasteiger partial charge in [0.15, 0.2) is 5.82 Å². The van der Waals surface area contributed by atoms with Gasteiger partial charge in [-0.15, -0.1) is 0 Å². The van der Waals surface area contributed by atoms with Gasteiger partial charge in [-0.25, -0.2) is 4.39 Å². The Bertz CT molecular complexity index is 1160. The van der Waals surface area contributed by atoms with E-state index in [2.05, 4.69) is 42.6 Å². The molecule has 2 fully saturated rings. The number of piperazine rings is 1. The second-order valence-corrected chi connectivity index (χ2v) is 9.77. The summed E-state index contributed by atoms with van der Waals surface area (Å²) >= 11 is 5.95. The predicted molar refractivity (Wildman–Crippen MR) is 137 cm³/mol. The van der Waals surface area contributed by atoms with Gasteiger partial charge >= 0.3 is 0 Å². The number of halogens is 2. The van der Waals surface area contributed by atoms with E-state index in [1.54, 1.807) is 18.2 Å². The van der Waals surface area contributed by atoms with Crippen LogP contribution in [-0.4, -0.2) is 82.3 Å². The third kappa shape index (κ3) is 5.83. The first kappa shape index (κ1) is 23.8. The number of nitrogens with one attached hydrogen (secondary N) is 3. The van der Waals surface area contributed by atoms with Crippen LogP contribution in [0.25, 0.3) is 0 Å². The summed E-state index contributed by atoms with van der Waals surface area (Å²) in [5.74, 6) is 2.54. The highest BCUT2D eigenvalue weighted by Crippen LogP contribution is 2.25. The van der Waals surface area contributed by atoms with Crippen LogP contribution in [-0.2, 0) is 6.54 Å². The lowest BCUT2D eigenvalue weighted by Gasteiger charge is -2.33. The van der Waals surface area contributed by atoms with Crippen LogP contribution in [0.15, 0.2) is 30.3 Å². The lowest BCUT2D eigenvalue weighted by Crippen LogP contribution is -2.45. The van der Waals surface area contributed by atoms with E-state index < -0.39 is 0 Å². The van der Waals surface area contributed by atoms with Gasteiger partial charge in [0.1, 0.15) is 17.5 Å². The summed E-state index contributed by atoms with van der Waals surface area (Å²) in [7, 11) is 2.14. The molecule has 1 aromatic carbocycles. The van der Waals surface area contributed by atoms with E-state index in [1.165, 1.54) is 0 Å². The van der Waals surface area contributed by atoms with Crippen LogP contribution in [0.2, 0.25) is 5.02 Å². The smallest absolute Gasteiger partial charge is 0.226 e. The number of nitrogens with zero attached hydrogens (tertiary/aromatic N) is 6. The van der Waals surface area contributed by atoms with Crippen molar-refractivity contribution in [3.8, 4) is 0 Å². The topological polar surface area (TPSA) is 88.2 Å². The number of benzene rings is 1. The minimum atomic E-state index is -0.335. The van der Waals surface area contributed by atoms with Crippen LogP contribution < -0.4 is 15.5 Å². The standard InChI is InChI=1S/C24H31ClFN9/c1-16-12-21(32-31-16)28-20-13-22(35-10-8-33(2)9-11-35)30-24(29-20)27-18-6-7-34(15-18)14-17-4-3-5-19(25)23(17)26/h3-5,12-13,18H,6-11,14-15H2,1-2H3,(H3,27,28,29,30,31,32)/t18-/m0/s1. The van der Waals surface area contributed by atoms with Gasteiger partial charge in [0, 0.05) is 75.2 Å². The summed E-state index contributed by atoms with van der Waals surface area (Å²) < 4.78 is 14.4. The Morgan fingerprint density at radius 3 is 2.71 bits per heavy atom. The van der Waals surface area contributed by atoms with E-state index in [4.69, 9.17) is 21.6 Å². The van der Waals surface area contributed by atoms with Gasteiger partial charge < -0.3 is 20.4 Å². The predicted octanol–water partition coefficient (Wildman–Crippen LogP) is 3.48. The normalized spacial score (nSPS) is 19.3. The van der Waals surface area contributed by atoms with Crippen molar-refractivity contribution in [1.82, 2.24) is 30.0 Å². The summed E-state index contributed by atoms with van der Waals surface area (Å²) in [6.07, 6.45) is 0.922. The summed E-state index contributed by atoms with van der Waals surface area (Å²) in [6.45, 7) is 7.93. The Morgan fingerprint density at radius 1 is 1.11 bits per heavy atom. The van der Waals surface area contributed by atoms with Crippen LogP contribution in [0.1, 0.15) is 17.7 Å². The van der Waals surface area contributed by atoms with Crippen LogP contribution in [0, 0.1) is 12.7 Å². The first-order valence-corrected chi connectivity index (χ1v) is 12.3. The van der Waals surface area contributed by atoms with Gasteiger partial charge in [0.05, 0.1) is 5.02 Å². The number of likely N-dealkylation sites (N-methyl/N-ethyl adjacent to an activating group) is 1. The first-order chi connectivity index (χ1) is 16.9. The molecule has 0 unspecified atom stereocenters. The highest BCUT2D eigenvalue weighted by Gasteiger charge is 2.25. The Morgan fingerprint density at radius 2 is 1.94 bits per heavy atom. The van der Waals surface area contributed by atoms with Crippen LogP contribution in [0.5, 0.6) is 0 Å². The third-order valence-electron chi connectivity index (χ3n) is 6.53. The van der Waals surface area contributed by atoms with Crippen molar-refractivity contribution in [2.24, 2.45) is 0 Å². The summed E-state index contributed by atoms with van der Waals surface area (Å²) in [5, 5.41) is 14.2. The van der Waals surface area contributed by atoms with Crippen LogP contribution in [0.4, 0.5) is 27.8 Å². The fourth-order valence-corrected chi connectivity index (χ4v) is 4.76. The Hall–Kier alpha value is -2.95. The number of anilines is 4. The summed E-state index contributed by atoms with van der Waals surface area (Å²) in [5.41, 5.74) is 1.59. The van der Waals surface area contributed by atoms with Crippen molar-refractivity contribution in [2.75, 3.05) is 61.8 Å². The molecule has 0 bridgehead atoms. The van der Waals surface area contributed by atoms with Crippen molar-refractivity contribution in [3.63, 3.8) is 0 Å². The van der Waals surface area contributed by atoms with E-state index in [9.17, 15) is 4.39 Å². The minimum absolute atomic E-state index is 0.164. The zero-order chi connectivity index (χ0) is 24.4. The quantitative estimate of drug-likeness (QED) is 0.455. The molecule has 4 heterocycles. The van der Waals surface area contributed by atoms with Gasteiger partial charge in [0.25, 0.3) is 0 Å². The van der Waals surface area contributed by atoms with Crippen molar-refractivity contribution < 1.29 is 4.39 Å². The van der Waals surface area contributed by atoms with Gasteiger partial charge in [0.2, 0.25) is 5.95 Å². The molecule has 2 aromatic heterocycles. The summed E-state index contributed by atoms with van der Waals surface area (Å²) in [4.78, 5) is 16.4. The molecule has 0 amide bonds. The number of aromatic nitrogens is 4. The number of hydrogen-bond donors (Lipinski definition) is 3. The molecule has 3 N–H and O–H groups in total. The zero-order valence-electron chi connectivity index (χ0n) is 20.1. The molecule has 3 aromatic rings. The molecule has 2 aliphatic rings. The van der Waals surface area contributed by atoms with E-state index in [0.717, 1.165) is 57.2 Å². The number of H-pyrrole nitrogens is 1. The maximum Gasteiger partial charge on any atom is 0.226 e. The van der Waals surface area contributed by atoms with Gasteiger partial charge in [-0.3, -0.25) is 10.00 Å². The zero-order valence-corrected chi connectivity index (χ0v) is 20.8. The van der Waals surface area contributed by atoms with Crippen LogP contribution >= 0.6 is 11.6 Å². The average Bonchev–Trinajstić information content (AvgIpc) is 3.45. The molecule has 0 spiro atoms. The average molecular weight is 500 g/mol. The first-order valence-electron chi connectivity index (χ1n) is 12.0. The summed E-state index contributed by atoms with van der Waals surface area (Å²) in [6, 6.07) is 9.24. The van der Waals surface area contributed by atoms with Crippen molar-refractivity contribution in [1.29, 1.82) is 0 Å². The number of hydrogen-bond acceptors (Lipinski definition) is 8. The number of aromatic amines is 1. The van der Waals surface area contributed by atoms with Gasteiger partial charge in [-0.1, -0.05) is 23.7 Å². The molecule has 2 aliphatic heterocycles. The molecule has 5 rings (SSSR count). The van der Waals surface area contributed by atoms with E-state index in [-0.39, 0.29) is 16.9 Å². The maximum absolute atomic E-state index is 14.4. The molecule has 9 nitrogen and oxygen atoms in total. The van der Waals surface area contributed by atoms with E-state index in [0.29, 0.717) is 29.7 Å². The lowest BCUT2D eigenvalue weighted by atomic mass is 10.2. The van der Waals surface area contributed by atoms with Crippen molar-refractivity contribution in [3.05, 3.63) is 52.4 Å². The molecule has 0 aliphatic carbocycles. The number of rotatable bonds is 7. The molecule has 0 radical (unpaired) electrons. The third-order valence-corrected chi connectivity index (χ3v) is 6.82. The largest absolute Gasteiger partial charge is 0.354 e. The molecule has 1 atom stereocenters. The molecule has 0 saturated carbocycles. The van der Waals surface area contributed by atoms with Crippen molar-refractivity contribution in [2.45, 2.75) is 25.9 Å². The Kier molecular flexibility index (Phi) is 7.03. The highest BCUT2D eigenvalue weighted by molar-refractivity contribution is 6.30. The Labute approximate surface area is 209 Å². The van der Waals surface area contributed by atoms with E-state index in [1.807, 2.05) is 19.1 Å². The fourth-order valence-electron chi connectivity index (χ4n) is 4.56. The maximum atomic E-state index is 14.4. The van der Waals surface area contributed by atoms with Gasteiger partial charge in [-0.2, -0.15) is 15.1 Å². The fraction of sp³-hybridized carbons (Fsp3) is 0.458. The highest BCUT2D eigenvalue weighted by atomic mass is 35.5. The molecule has 2 saturated heterocycles. The minimum Gasteiger partial charge on any atom is -0.354 e. The second-order valence-electron chi connectivity index (χ2n) is 9.36. The molecule has 35 heavy (non-hydrogen) atoms. The van der Waals surface area contributed by atoms with Gasteiger partial charge in [-0.05, 0) is 26.5 Å². The van der Waals surface area contributed by atoms with E-state index >= 15 is 0 Å². The molecule has 186 valence electrons. The molecular weight excluding hydrogens is 469 g/mol. The van der Waals surface area contributed by atoms with Crippen LogP contribution in [0.3, 0.4) is 0 Å². The SMILES string of the molecule is Cc1cc(Nc2cc(N3CCN(C)CC3)nc(N[C@H]3CCN(Cc4cccc(Cl)c4F)C3)n2)n[nH]1. The number of aryl methyl sites for hydroxylation is 1. The number of likely N-dealkylation sites (tertiary alicyclic amines) is 1. The van der Waals surface area contributed by atoms with Crippen molar-refractivity contribution >= 4 is 35.0 Å². The monoisotopic (exact) mass is 499 g/mol. The lowest BCUT2D eigenvalue weighted by molar-refractivity contribution is 0.312. The second kappa shape index (κ2) is 10.3. The molecule has 11 heteroatoms. The Balaban J connectivity index is 1.30. The molecular formula is C24H31ClFN9.